The van der Waals surface area contributed by atoms with Crippen molar-refractivity contribution < 1.29 is 4.57 Å². The fourth-order valence-electron chi connectivity index (χ4n) is 3.45. The normalized spacial score (nSPS) is 12.8. The van der Waals surface area contributed by atoms with E-state index in [9.17, 15) is 0 Å². The topological polar surface area (TPSA) is 3.88 Å². The SMILES string of the molecule is Cc1cc(C(C)(C)C)ccc1-c1cc(C(C)C)[c]([Ge]([CH3])([CH3])[CH3])c[n+]1C. The van der Waals surface area contributed by atoms with Crippen molar-refractivity contribution in [3.05, 3.63) is 47.2 Å². The van der Waals surface area contributed by atoms with Crippen LogP contribution in [0.1, 0.15) is 57.2 Å². The third kappa shape index (κ3) is 4.37. The van der Waals surface area contributed by atoms with Gasteiger partial charge in [-0.1, -0.05) is 0 Å². The molecule has 1 aromatic carbocycles. The summed E-state index contributed by atoms with van der Waals surface area (Å²) in [6.07, 6.45) is 2.42. The molecule has 0 saturated carbocycles. The molecule has 0 unspecified atom stereocenters. The van der Waals surface area contributed by atoms with Crippen LogP contribution in [0.2, 0.25) is 17.3 Å². The second kappa shape index (κ2) is 6.91. The van der Waals surface area contributed by atoms with Crippen LogP contribution >= 0.6 is 0 Å². The molecule has 0 radical (unpaired) electrons. The molecule has 0 aliphatic carbocycles. The Kier molecular flexibility index (Phi) is 5.59. The van der Waals surface area contributed by atoms with Crippen LogP contribution in [0.5, 0.6) is 0 Å². The standard InChI is InChI=1S/C23H36GeN/c1-16(2)20-14-22(25(10)15-21(20)24(7,8)9)19-12-11-18(13-17(19)3)23(4,5)6/h11-16H,1-10H3/q+1. The number of pyridine rings is 1. The molecule has 1 heterocycles. The molecular weight excluding hydrogens is 363 g/mol. The first kappa shape index (κ1) is 20.2. The summed E-state index contributed by atoms with van der Waals surface area (Å²) in [5, 5.41) is 0. The summed E-state index contributed by atoms with van der Waals surface area (Å²) in [6, 6.07) is 9.43. The maximum atomic E-state index is 2.49. The van der Waals surface area contributed by atoms with Gasteiger partial charge in [0.15, 0.2) is 0 Å². The van der Waals surface area contributed by atoms with Crippen LogP contribution in [0.25, 0.3) is 11.3 Å². The van der Waals surface area contributed by atoms with Crippen LogP contribution in [-0.4, -0.2) is 13.3 Å². The zero-order chi connectivity index (χ0) is 19.2. The number of hydrogen-bond donors (Lipinski definition) is 0. The molecule has 0 amide bonds. The summed E-state index contributed by atoms with van der Waals surface area (Å²) >= 11 is -1.90. The van der Waals surface area contributed by atoms with Crippen LogP contribution in [0.3, 0.4) is 0 Å². The monoisotopic (exact) mass is 400 g/mol. The number of aromatic nitrogens is 1. The number of hydrogen-bond acceptors (Lipinski definition) is 0. The van der Waals surface area contributed by atoms with E-state index >= 15 is 0 Å². The molecule has 0 atom stereocenters. The molecule has 2 heteroatoms. The Morgan fingerprint density at radius 3 is 2.04 bits per heavy atom. The number of aryl methyl sites for hydroxylation is 2. The van der Waals surface area contributed by atoms with Crippen LogP contribution < -0.4 is 8.96 Å². The molecule has 0 fully saturated rings. The van der Waals surface area contributed by atoms with Gasteiger partial charge in [0.2, 0.25) is 0 Å². The summed E-state index contributed by atoms with van der Waals surface area (Å²) in [7, 11) is 2.20. The van der Waals surface area contributed by atoms with E-state index in [1.165, 1.54) is 22.4 Å². The van der Waals surface area contributed by atoms with E-state index in [1.807, 2.05) is 0 Å². The van der Waals surface area contributed by atoms with Gasteiger partial charge in [-0.2, -0.15) is 0 Å². The van der Waals surface area contributed by atoms with Crippen LogP contribution in [-0.2, 0) is 12.5 Å². The van der Waals surface area contributed by atoms with Gasteiger partial charge in [0.25, 0.3) is 0 Å². The third-order valence-electron chi connectivity index (χ3n) is 5.10. The van der Waals surface area contributed by atoms with Crippen molar-refractivity contribution in [1.29, 1.82) is 0 Å². The molecule has 0 bridgehead atoms. The predicted octanol–water partition coefficient (Wildman–Crippen LogP) is 5.45. The van der Waals surface area contributed by atoms with E-state index in [0.29, 0.717) is 5.92 Å². The summed E-state index contributed by atoms with van der Waals surface area (Å²) in [6.45, 7) is 13.7. The Hall–Kier alpha value is -1.09. The van der Waals surface area contributed by atoms with Crippen molar-refractivity contribution in [1.82, 2.24) is 0 Å². The Bertz CT molecular complexity index is 774. The molecule has 1 aromatic heterocycles. The summed E-state index contributed by atoms with van der Waals surface area (Å²) < 4.78 is 3.97. The zero-order valence-electron chi connectivity index (χ0n) is 17.9. The number of nitrogens with zero attached hydrogens (tertiary/aromatic N) is 1. The molecule has 0 aliphatic rings. The van der Waals surface area contributed by atoms with Gasteiger partial charge < -0.3 is 0 Å². The summed E-state index contributed by atoms with van der Waals surface area (Å²) in [5.74, 6) is 8.03. The molecule has 0 spiro atoms. The average Bonchev–Trinajstić information content (AvgIpc) is 2.45. The summed E-state index contributed by atoms with van der Waals surface area (Å²) in [5.41, 5.74) is 7.19. The molecule has 2 rings (SSSR count). The Labute approximate surface area is 157 Å². The molecular formula is C23H36GeN+. The first-order chi connectivity index (χ1) is 11.3. The first-order valence-electron chi connectivity index (χ1n) is 9.48. The van der Waals surface area contributed by atoms with Gasteiger partial charge in [0, 0.05) is 0 Å². The number of rotatable bonds is 3. The van der Waals surface area contributed by atoms with E-state index in [1.54, 1.807) is 9.96 Å². The van der Waals surface area contributed by atoms with Gasteiger partial charge in [0.05, 0.1) is 0 Å². The van der Waals surface area contributed by atoms with Gasteiger partial charge in [-0.3, -0.25) is 0 Å². The molecule has 136 valence electrons. The van der Waals surface area contributed by atoms with Crippen LogP contribution in [0, 0.1) is 6.92 Å². The van der Waals surface area contributed by atoms with Gasteiger partial charge >= 0.3 is 158 Å². The molecule has 25 heavy (non-hydrogen) atoms. The minimum atomic E-state index is -1.90. The van der Waals surface area contributed by atoms with Crippen molar-refractivity contribution in [2.45, 2.75) is 70.1 Å². The Balaban J connectivity index is 2.67. The summed E-state index contributed by atoms with van der Waals surface area (Å²) in [4.78, 5) is 0. The van der Waals surface area contributed by atoms with Crippen molar-refractivity contribution >= 4 is 17.7 Å². The molecule has 1 nitrogen and oxygen atoms in total. The third-order valence-corrected chi connectivity index (χ3v) is 9.37. The van der Waals surface area contributed by atoms with Gasteiger partial charge in [-0.25, -0.2) is 0 Å². The Morgan fingerprint density at radius 2 is 1.60 bits per heavy atom. The van der Waals surface area contributed by atoms with Crippen LogP contribution in [0.4, 0.5) is 0 Å². The maximum absolute atomic E-state index is 2.49. The Morgan fingerprint density at radius 1 is 1.00 bits per heavy atom. The molecule has 0 saturated heterocycles. The van der Waals surface area contributed by atoms with E-state index < -0.39 is 13.3 Å². The number of benzene rings is 1. The predicted molar refractivity (Wildman–Crippen MR) is 114 cm³/mol. The van der Waals surface area contributed by atoms with E-state index in [0.717, 1.165) is 0 Å². The van der Waals surface area contributed by atoms with E-state index in [2.05, 4.69) is 101 Å². The van der Waals surface area contributed by atoms with Crippen molar-refractivity contribution in [2.24, 2.45) is 7.05 Å². The van der Waals surface area contributed by atoms with Crippen LogP contribution in [0.15, 0.2) is 30.5 Å². The quantitative estimate of drug-likeness (QED) is 0.477. The van der Waals surface area contributed by atoms with Crippen molar-refractivity contribution in [3.63, 3.8) is 0 Å². The van der Waals surface area contributed by atoms with Gasteiger partial charge in [-0.05, 0) is 0 Å². The molecule has 2 aromatic rings. The second-order valence-electron chi connectivity index (χ2n) is 9.82. The first-order valence-corrected chi connectivity index (χ1v) is 16.8. The molecule has 0 aliphatic heterocycles. The van der Waals surface area contributed by atoms with Crippen molar-refractivity contribution in [3.8, 4) is 11.3 Å². The van der Waals surface area contributed by atoms with E-state index in [4.69, 9.17) is 0 Å². The fraction of sp³-hybridized carbons (Fsp3) is 0.522. The van der Waals surface area contributed by atoms with E-state index in [-0.39, 0.29) is 5.41 Å². The molecule has 0 N–H and O–H groups in total. The average molecular weight is 399 g/mol. The minimum absolute atomic E-state index is 0.193. The fourth-order valence-corrected chi connectivity index (χ4v) is 7.25. The zero-order valence-corrected chi connectivity index (χ0v) is 20.0. The van der Waals surface area contributed by atoms with Gasteiger partial charge in [-0.15, -0.1) is 0 Å². The van der Waals surface area contributed by atoms with Gasteiger partial charge in [0.1, 0.15) is 0 Å². The van der Waals surface area contributed by atoms with Crippen molar-refractivity contribution in [2.75, 3.05) is 0 Å². The second-order valence-corrected chi connectivity index (χ2v) is 20.4.